The fourth-order valence-electron chi connectivity index (χ4n) is 1.78. The molecule has 1 N–H and O–H groups in total. The summed E-state index contributed by atoms with van der Waals surface area (Å²) in [5, 5.41) is 3.15. The smallest absolute Gasteiger partial charge is 0.262 e. The van der Waals surface area contributed by atoms with Crippen LogP contribution >= 0.6 is 27.5 Å². The zero-order valence-electron chi connectivity index (χ0n) is 11.7. The van der Waals surface area contributed by atoms with Crippen molar-refractivity contribution in [3.05, 3.63) is 57.5 Å². The average molecular weight is 383 g/mol. The standard InChI is InChI=1S/C16H13BrClNO3/c1-10(20)14-8-12(18)4-7-15(14)22-9-16(21)19-13-5-2-11(17)3-6-13/h2-8H,9H2,1H3,(H,19,21). The molecule has 2 aromatic rings. The SMILES string of the molecule is CC(=O)c1cc(Cl)ccc1OCC(=O)Nc1ccc(Br)cc1. The number of ether oxygens (including phenoxy) is 1. The number of ketones is 1. The molecule has 1 amide bonds. The molecular weight excluding hydrogens is 370 g/mol. The number of hydrogen-bond donors (Lipinski definition) is 1. The molecule has 6 heteroatoms. The summed E-state index contributed by atoms with van der Waals surface area (Å²) in [7, 11) is 0. The van der Waals surface area contributed by atoms with Gasteiger partial charge >= 0.3 is 0 Å². The maximum atomic E-state index is 11.9. The Bertz CT molecular complexity index is 701. The van der Waals surface area contributed by atoms with E-state index in [1.807, 2.05) is 12.1 Å². The van der Waals surface area contributed by atoms with E-state index < -0.39 is 0 Å². The summed E-state index contributed by atoms with van der Waals surface area (Å²) in [4.78, 5) is 23.4. The highest BCUT2D eigenvalue weighted by atomic mass is 79.9. The van der Waals surface area contributed by atoms with Crippen molar-refractivity contribution in [2.45, 2.75) is 6.92 Å². The van der Waals surface area contributed by atoms with Gasteiger partial charge in [-0.2, -0.15) is 0 Å². The van der Waals surface area contributed by atoms with Crippen LogP contribution in [0.2, 0.25) is 5.02 Å². The van der Waals surface area contributed by atoms with E-state index in [9.17, 15) is 9.59 Å². The van der Waals surface area contributed by atoms with Crippen molar-refractivity contribution in [1.29, 1.82) is 0 Å². The van der Waals surface area contributed by atoms with Crippen molar-refractivity contribution in [2.75, 3.05) is 11.9 Å². The van der Waals surface area contributed by atoms with Gasteiger partial charge in [0, 0.05) is 15.2 Å². The van der Waals surface area contributed by atoms with Crippen LogP contribution < -0.4 is 10.1 Å². The molecule has 0 unspecified atom stereocenters. The molecule has 0 aliphatic rings. The molecule has 0 aliphatic heterocycles. The normalized spacial score (nSPS) is 10.1. The molecular formula is C16H13BrClNO3. The minimum Gasteiger partial charge on any atom is -0.483 e. The third kappa shape index (κ3) is 4.58. The first kappa shape index (κ1) is 16.5. The average Bonchev–Trinajstić information content (AvgIpc) is 2.48. The molecule has 4 nitrogen and oxygen atoms in total. The molecule has 22 heavy (non-hydrogen) atoms. The van der Waals surface area contributed by atoms with Gasteiger partial charge in [-0.3, -0.25) is 9.59 Å². The molecule has 0 heterocycles. The van der Waals surface area contributed by atoms with Crippen LogP contribution in [0.3, 0.4) is 0 Å². The highest BCUT2D eigenvalue weighted by molar-refractivity contribution is 9.10. The van der Waals surface area contributed by atoms with Gasteiger partial charge in [-0.05, 0) is 49.4 Å². The summed E-state index contributed by atoms with van der Waals surface area (Å²) in [6.45, 7) is 1.22. The molecule has 0 bridgehead atoms. The highest BCUT2D eigenvalue weighted by Gasteiger charge is 2.11. The van der Waals surface area contributed by atoms with E-state index in [1.165, 1.54) is 13.0 Å². The van der Waals surface area contributed by atoms with Crippen molar-refractivity contribution < 1.29 is 14.3 Å². The molecule has 0 saturated heterocycles. The number of rotatable bonds is 5. The van der Waals surface area contributed by atoms with Crippen LogP contribution in [0.25, 0.3) is 0 Å². The molecule has 0 radical (unpaired) electrons. The molecule has 0 atom stereocenters. The van der Waals surface area contributed by atoms with Crippen molar-refractivity contribution in [3.8, 4) is 5.75 Å². The first-order valence-corrected chi connectivity index (χ1v) is 7.61. The lowest BCUT2D eigenvalue weighted by Crippen LogP contribution is -2.20. The molecule has 2 rings (SSSR count). The minimum atomic E-state index is -0.313. The minimum absolute atomic E-state index is 0.175. The highest BCUT2D eigenvalue weighted by Crippen LogP contribution is 2.23. The molecule has 0 fully saturated rings. The lowest BCUT2D eigenvalue weighted by Gasteiger charge is -2.10. The Morgan fingerprint density at radius 2 is 1.86 bits per heavy atom. The van der Waals surface area contributed by atoms with Crippen molar-refractivity contribution in [1.82, 2.24) is 0 Å². The van der Waals surface area contributed by atoms with Crippen LogP contribution in [-0.4, -0.2) is 18.3 Å². The van der Waals surface area contributed by atoms with Gasteiger partial charge in [0.1, 0.15) is 5.75 Å². The number of carbonyl (C=O) groups excluding carboxylic acids is 2. The summed E-state index contributed by atoms with van der Waals surface area (Å²) >= 11 is 9.17. The van der Waals surface area contributed by atoms with Gasteiger partial charge in [-0.15, -0.1) is 0 Å². The first-order valence-electron chi connectivity index (χ1n) is 6.44. The van der Waals surface area contributed by atoms with Gasteiger partial charge in [0.15, 0.2) is 12.4 Å². The number of halogens is 2. The van der Waals surface area contributed by atoms with Crippen LogP contribution in [0, 0.1) is 0 Å². The first-order chi connectivity index (χ1) is 10.5. The molecule has 2 aromatic carbocycles. The number of Topliss-reactive ketones (excluding diaryl/α,β-unsaturated/α-hetero) is 1. The number of hydrogen-bond acceptors (Lipinski definition) is 3. The Morgan fingerprint density at radius 3 is 2.50 bits per heavy atom. The Balaban J connectivity index is 1.99. The zero-order chi connectivity index (χ0) is 16.1. The maximum absolute atomic E-state index is 11.9. The summed E-state index contributed by atoms with van der Waals surface area (Å²) in [6, 6.07) is 11.9. The summed E-state index contributed by atoms with van der Waals surface area (Å²) in [5.41, 5.74) is 1.02. The lowest BCUT2D eigenvalue weighted by atomic mass is 10.1. The fraction of sp³-hybridized carbons (Fsp3) is 0.125. The van der Waals surface area contributed by atoms with Gasteiger partial charge in [0.25, 0.3) is 5.91 Å². The monoisotopic (exact) mass is 381 g/mol. The van der Waals surface area contributed by atoms with Crippen LogP contribution in [0.15, 0.2) is 46.9 Å². The number of amides is 1. The van der Waals surface area contributed by atoms with E-state index >= 15 is 0 Å². The third-order valence-corrected chi connectivity index (χ3v) is 3.57. The molecule has 0 spiro atoms. The fourth-order valence-corrected chi connectivity index (χ4v) is 2.21. The topological polar surface area (TPSA) is 55.4 Å². The van der Waals surface area contributed by atoms with E-state index in [2.05, 4.69) is 21.2 Å². The van der Waals surface area contributed by atoms with Crippen molar-refractivity contribution in [3.63, 3.8) is 0 Å². The van der Waals surface area contributed by atoms with E-state index in [0.717, 1.165) is 4.47 Å². The van der Waals surface area contributed by atoms with E-state index in [4.69, 9.17) is 16.3 Å². The summed E-state index contributed by atoms with van der Waals surface area (Å²) in [6.07, 6.45) is 0. The number of nitrogens with one attached hydrogen (secondary N) is 1. The predicted octanol–water partition coefficient (Wildman–Crippen LogP) is 4.32. The summed E-state index contributed by atoms with van der Waals surface area (Å²) < 4.78 is 6.34. The molecule has 0 saturated carbocycles. The molecule has 114 valence electrons. The second-order valence-corrected chi connectivity index (χ2v) is 5.89. The maximum Gasteiger partial charge on any atom is 0.262 e. The Morgan fingerprint density at radius 1 is 1.18 bits per heavy atom. The van der Waals surface area contributed by atoms with Gasteiger partial charge in [0.2, 0.25) is 0 Å². The van der Waals surface area contributed by atoms with Crippen molar-refractivity contribution >= 4 is 44.9 Å². The largest absolute Gasteiger partial charge is 0.483 e. The predicted molar refractivity (Wildman–Crippen MR) is 89.7 cm³/mol. The lowest BCUT2D eigenvalue weighted by molar-refractivity contribution is -0.118. The second kappa shape index (κ2) is 7.42. The van der Waals surface area contributed by atoms with Gasteiger partial charge in [-0.25, -0.2) is 0 Å². The number of benzene rings is 2. The van der Waals surface area contributed by atoms with E-state index in [0.29, 0.717) is 22.0 Å². The Hall–Kier alpha value is -1.85. The van der Waals surface area contributed by atoms with Gasteiger partial charge in [0.05, 0.1) is 5.56 Å². The molecule has 0 aliphatic carbocycles. The number of anilines is 1. The van der Waals surface area contributed by atoms with Crippen LogP contribution in [-0.2, 0) is 4.79 Å². The zero-order valence-corrected chi connectivity index (χ0v) is 14.1. The second-order valence-electron chi connectivity index (χ2n) is 4.54. The van der Waals surface area contributed by atoms with Gasteiger partial charge in [-0.1, -0.05) is 27.5 Å². The van der Waals surface area contributed by atoms with Crippen LogP contribution in [0.1, 0.15) is 17.3 Å². The Labute approximate surface area is 141 Å². The quantitative estimate of drug-likeness (QED) is 0.783. The Kier molecular flexibility index (Phi) is 5.57. The summed E-state index contributed by atoms with van der Waals surface area (Å²) in [5.74, 6) is -0.152. The van der Waals surface area contributed by atoms with Crippen LogP contribution in [0.5, 0.6) is 5.75 Å². The third-order valence-electron chi connectivity index (χ3n) is 2.81. The van der Waals surface area contributed by atoms with E-state index in [1.54, 1.807) is 24.3 Å². The number of carbonyl (C=O) groups is 2. The van der Waals surface area contributed by atoms with E-state index in [-0.39, 0.29) is 18.3 Å². The van der Waals surface area contributed by atoms with Crippen molar-refractivity contribution in [2.24, 2.45) is 0 Å². The van der Waals surface area contributed by atoms with Crippen LogP contribution in [0.4, 0.5) is 5.69 Å². The van der Waals surface area contributed by atoms with Gasteiger partial charge < -0.3 is 10.1 Å². The molecule has 0 aromatic heterocycles.